The standard InChI is InChI=1S/C19H30N4O/c1-14(2)18-17(19(24-6)23(5)21-18)12-20-11-15-8-7-9-16(10-15)13-22(3)4/h7-10,14,20H,11-13H2,1-6H3. The Bertz CT molecular complexity index is 661. The van der Waals surface area contributed by atoms with E-state index in [1.54, 1.807) is 7.11 Å². The number of hydrogen-bond acceptors (Lipinski definition) is 4. The Balaban J connectivity index is 2.04. The van der Waals surface area contributed by atoms with Gasteiger partial charge in [-0.2, -0.15) is 5.10 Å². The summed E-state index contributed by atoms with van der Waals surface area (Å²) in [4.78, 5) is 2.18. The lowest BCUT2D eigenvalue weighted by Gasteiger charge is -2.12. The van der Waals surface area contributed by atoms with Gasteiger partial charge in [0, 0.05) is 26.7 Å². The van der Waals surface area contributed by atoms with Gasteiger partial charge in [-0.15, -0.1) is 0 Å². The Labute approximate surface area is 145 Å². The van der Waals surface area contributed by atoms with Crippen molar-refractivity contribution >= 4 is 0 Å². The molecule has 24 heavy (non-hydrogen) atoms. The molecule has 0 atom stereocenters. The SMILES string of the molecule is COc1c(CNCc2cccc(CN(C)C)c2)c(C(C)C)nn1C. The summed E-state index contributed by atoms with van der Waals surface area (Å²) >= 11 is 0. The Kier molecular flexibility index (Phi) is 6.40. The van der Waals surface area contributed by atoms with Gasteiger partial charge in [0.1, 0.15) is 0 Å². The Morgan fingerprint density at radius 3 is 2.54 bits per heavy atom. The minimum absolute atomic E-state index is 0.375. The van der Waals surface area contributed by atoms with E-state index in [0.717, 1.165) is 36.8 Å². The van der Waals surface area contributed by atoms with Crippen molar-refractivity contribution in [3.05, 3.63) is 46.6 Å². The van der Waals surface area contributed by atoms with E-state index in [0.29, 0.717) is 5.92 Å². The molecule has 0 spiro atoms. The average Bonchev–Trinajstić information content (AvgIpc) is 2.83. The van der Waals surface area contributed by atoms with Crippen LogP contribution in [0.1, 0.15) is 42.1 Å². The highest BCUT2D eigenvalue weighted by molar-refractivity contribution is 5.33. The first-order valence-corrected chi connectivity index (χ1v) is 8.45. The molecule has 1 aromatic carbocycles. The molecular formula is C19H30N4O. The molecule has 1 N–H and O–H groups in total. The van der Waals surface area contributed by atoms with E-state index in [1.807, 2.05) is 11.7 Å². The third-order valence-corrected chi connectivity index (χ3v) is 3.98. The second-order valence-corrected chi connectivity index (χ2v) is 6.81. The lowest BCUT2D eigenvalue weighted by Crippen LogP contribution is -2.15. The Morgan fingerprint density at radius 1 is 1.21 bits per heavy atom. The van der Waals surface area contributed by atoms with Crippen LogP contribution in [-0.4, -0.2) is 35.9 Å². The third kappa shape index (κ3) is 4.58. The second-order valence-electron chi connectivity index (χ2n) is 6.81. The van der Waals surface area contributed by atoms with Gasteiger partial charge in [0.25, 0.3) is 0 Å². The monoisotopic (exact) mass is 330 g/mol. The van der Waals surface area contributed by atoms with Crippen molar-refractivity contribution in [2.75, 3.05) is 21.2 Å². The van der Waals surface area contributed by atoms with Crippen molar-refractivity contribution in [3.8, 4) is 5.88 Å². The minimum atomic E-state index is 0.375. The minimum Gasteiger partial charge on any atom is -0.481 e. The number of hydrogen-bond donors (Lipinski definition) is 1. The first-order valence-electron chi connectivity index (χ1n) is 8.45. The maximum atomic E-state index is 5.53. The number of rotatable bonds is 8. The molecular weight excluding hydrogens is 300 g/mol. The molecule has 2 aromatic rings. The molecule has 1 aromatic heterocycles. The molecule has 0 saturated carbocycles. The fourth-order valence-corrected chi connectivity index (χ4v) is 2.99. The molecule has 0 aliphatic carbocycles. The molecule has 0 unspecified atom stereocenters. The van der Waals surface area contributed by atoms with Gasteiger partial charge >= 0.3 is 0 Å². The summed E-state index contributed by atoms with van der Waals surface area (Å²) in [6.07, 6.45) is 0. The smallest absolute Gasteiger partial charge is 0.216 e. The number of nitrogens with zero attached hydrogens (tertiary/aromatic N) is 3. The van der Waals surface area contributed by atoms with Crippen LogP contribution in [0, 0.1) is 0 Å². The van der Waals surface area contributed by atoms with Crippen LogP contribution >= 0.6 is 0 Å². The van der Waals surface area contributed by atoms with Crippen molar-refractivity contribution in [1.29, 1.82) is 0 Å². The predicted molar refractivity (Wildman–Crippen MR) is 98.2 cm³/mol. The van der Waals surface area contributed by atoms with Crippen molar-refractivity contribution < 1.29 is 4.74 Å². The van der Waals surface area contributed by atoms with E-state index in [2.05, 4.69) is 67.5 Å². The third-order valence-electron chi connectivity index (χ3n) is 3.98. The molecule has 0 amide bonds. The van der Waals surface area contributed by atoms with Crippen molar-refractivity contribution in [2.24, 2.45) is 7.05 Å². The number of ether oxygens (including phenoxy) is 1. The average molecular weight is 330 g/mol. The molecule has 0 fully saturated rings. The van der Waals surface area contributed by atoms with E-state index in [1.165, 1.54) is 11.1 Å². The van der Waals surface area contributed by atoms with Gasteiger partial charge < -0.3 is 15.0 Å². The number of methoxy groups -OCH3 is 1. The zero-order valence-electron chi connectivity index (χ0n) is 15.8. The topological polar surface area (TPSA) is 42.3 Å². The zero-order valence-corrected chi connectivity index (χ0v) is 15.8. The first-order chi connectivity index (χ1) is 11.4. The molecule has 5 nitrogen and oxygen atoms in total. The van der Waals surface area contributed by atoms with Gasteiger partial charge in [-0.05, 0) is 31.1 Å². The van der Waals surface area contributed by atoms with Gasteiger partial charge in [0.15, 0.2) is 0 Å². The lowest BCUT2D eigenvalue weighted by molar-refractivity contribution is 0.368. The first kappa shape index (κ1) is 18.5. The molecule has 5 heteroatoms. The van der Waals surface area contributed by atoms with Crippen LogP contribution in [-0.2, 0) is 26.7 Å². The van der Waals surface area contributed by atoms with E-state index in [-0.39, 0.29) is 0 Å². The zero-order chi connectivity index (χ0) is 17.7. The van der Waals surface area contributed by atoms with Gasteiger partial charge in [0.2, 0.25) is 5.88 Å². The molecule has 1 heterocycles. The normalized spacial score (nSPS) is 11.5. The molecule has 132 valence electrons. The highest BCUT2D eigenvalue weighted by Crippen LogP contribution is 2.26. The van der Waals surface area contributed by atoms with Crippen molar-refractivity contribution in [2.45, 2.75) is 39.4 Å². The van der Waals surface area contributed by atoms with Crippen molar-refractivity contribution in [3.63, 3.8) is 0 Å². The van der Waals surface area contributed by atoms with Crippen LogP contribution in [0.4, 0.5) is 0 Å². The summed E-state index contributed by atoms with van der Waals surface area (Å²) in [6.45, 7) is 6.87. The summed E-state index contributed by atoms with van der Waals surface area (Å²) < 4.78 is 7.35. The maximum absolute atomic E-state index is 5.53. The number of aromatic nitrogens is 2. The van der Waals surface area contributed by atoms with Crippen LogP contribution in [0.2, 0.25) is 0 Å². The number of benzene rings is 1. The van der Waals surface area contributed by atoms with E-state index in [4.69, 9.17) is 4.74 Å². The predicted octanol–water partition coefficient (Wildman–Crippen LogP) is 2.90. The van der Waals surface area contributed by atoms with Crippen LogP contribution in [0.25, 0.3) is 0 Å². The highest BCUT2D eigenvalue weighted by atomic mass is 16.5. The molecule has 0 radical (unpaired) electrons. The summed E-state index contributed by atoms with van der Waals surface area (Å²) in [5, 5.41) is 8.13. The van der Waals surface area contributed by atoms with E-state index in [9.17, 15) is 0 Å². The molecule has 0 aliphatic rings. The van der Waals surface area contributed by atoms with Gasteiger partial charge in [0.05, 0.1) is 18.4 Å². The van der Waals surface area contributed by atoms with Crippen LogP contribution < -0.4 is 10.1 Å². The lowest BCUT2D eigenvalue weighted by atomic mass is 10.1. The fourth-order valence-electron chi connectivity index (χ4n) is 2.99. The largest absolute Gasteiger partial charge is 0.481 e. The van der Waals surface area contributed by atoms with Gasteiger partial charge in [-0.3, -0.25) is 0 Å². The summed E-state index contributed by atoms with van der Waals surface area (Å²) in [6, 6.07) is 8.72. The molecule has 0 aliphatic heterocycles. The summed E-state index contributed by atoms with van der Waals surface area (Å²) in [7, 11) is 7.81. The second kappa shape index (κ2) is 8.31. The molecule has 0 saturated heterocycles. The van der Waals surface area contributed by atoms with Crippen LogP contribution in [0.5, 0.6) is 5.88 Å². The highest BCUT2D eigenvalue weighted by Gasteiger charge is 2.18. The Hall–Kier alpha value is -1.85. The molecule has 0 bridgehead atoms. The van der Waals surface area contributed by atoms with Gasteiger partial charge in [-0.25, -0.2) is 4.68 Å². The van der Waals surface area contributed by atoms with E-state index >= 15 is 0 Å². The fraction of sp³-hybridized carbons (Fsp3) is 0.526. The van der Waals surface area contributed by atoms with E-state index < -0.39 is 0 Å². The quantitative estimate of drug-likeness (QED) is 0.808. The Morgan fingerprint density at radius 2 is 1.92 bits per heavy atom. The van der Waals surface area contributed by atoms with Crippen LogP contribution in [0.15, 0.2) is 24.3 Å². The van der Waals surface area contributed by atoms with Crippen molar-refractivity contribution in [1.82, 2.24) is 20.0 Å². The van der Waals surface area contributed by atoms with Gasteiger partial charge in [-0.1, -0.05) is 38.1 Å². The summed E-state index contributed by atoms with van der Waals surface area (Å²) in [5.74, 6) is 1.22. The maximum Gasteiger partial charge on any atom is 0.216 e. The molecule has 2 rings (SSSR count). The van der Waals surface area contributed by atoms with Crippen LogP contribution in [0.3, 0.4) is 0 Å². The summed E-state index contributed by atoms with van der Waals surface area (Å²) in [5.41, 5.74) is 4.88. The number of nitrogens with one attached hydrogen (secondary N) is 1. The number of aryl methyl sites for hydroxylation is 1.